The van der Waals surface area contributed by atoms with Crippen LogP contribution in [0.5, 0.6) is 0 Å². The van der Waals surface area contributed by atoms with E-state index in [-0.39, 0.29) is 5.91 Å². The molecule has 0 aliphatic rings. The first-order valence-corrected chi connectivity index (χ1v) is 7.34. The van der Waals surface area contributed by atoms with Crippen LogP contribution in [-0.4, -0.2) is 17.4 Å². The monoisotopic (exact) mass is 314 g/mol. The number of aromatic nitrogens is 1. The molecule has 1 N–H and O–H groups in total. The van der Waals surface area contributed by atoms with Gasteiger partial charge in [0.25, 0.3) is 5.91 Å². The van der Waals surface area contributed by atoms with E-state index < -0.39 is 0 Å². The van der Waals surface area contributed by atoms with E-state index in [1.807, 2.05) is 13.0 Å². The quantitative estimate of drug-likeness (QED) is 0.934. The normalized spacial score (nSPS) is 10.5. The molecular formula is C13H12Cl2N2OS. The molecule has 1 aromatic heterocycles. The minimum absolute atomic E-state index is 0.158. The van der Waals surface area contributed by atoms with Crippen molar-refractivity contribution in [1.82, 2.24) is 10.3 Å². The zero-order valence-corrected chi connectivity index (χ0v) is 12.6. The number of rotatable bonds is 4. The van der Waals surface area contributed by atoms with E-state index >= 15 is 0 Å². The Morgan fingerprint density at radius 1 is 1.42 bits per heavy atom. The Balaban J connectivity index is 1.88. The molecule has 0 saturated heterocycles. The zero-order valence-electron chi connectivity index (χ0n) is 10.2. The lowest BCUT2D eigenvalue weighted by Gasteiger charge is -2.06. The highest BCUT2D eigenvalue weighted by Crippen LogP contribution is 2.21. The summed E-state index contributed by atoms with van der Waals surface area (Å²) >= 11 is 13.3. The van der Waals surface area contributed by atoms with Crippen LogP contribution in [0.3, 0.4) is 0 Å². The van der Waals surface area contributed by atoms with Crippen molar-refractivity contribution < 1.29 is 4.79 Å². The van der Waals surface area contributed by atoms with Crippen LogP contribution in [0.25, 0.3) is 0 Å². The summed E-state index contributed by atoms with van der Waals surface area (Å²) in [7, 11) is 0. The molecule has 6 heteroatoms. The summed E-state index contributed by atoms with van der Waals surface area (Å²) in [5.41, 5.74) is 1.42. The van der Waals surface area contributed by atoms with Gasteiger partial charge in [0, 0.05) is 22.0 Å². The fourth-order valence-electron chi connectivity index (χ4n) is 1.59. The van der Waals surface area contributed by atoms with Crippen molar-refractivity contribution >= 4 is 40.4 Å². The van der Waals surface area contributed by atoms with Crippen molar-refractivity contribution in [2.75, 3.05) is 6.54 Å². The summed E-state index contributed by atoms with van der Waals surface area (Å²) in [5, 5.41) is 6.67. The minimum Gasteiger partial charge on any atom is -0.350 e. The van der Waals surface area contributed by atoms with Gasteiger partial charge < -0.3 is 5.32 Å². The number of nitrogens with zero attached hydrogens (tertiary/aromatic N) is 1. The minimum atomic E-state index is -0.158. The molecule has 1 aromatic carbocycles. The van der Waals surface area contributed by atoms with Crippen LogP contribution in [0.1, 0.15) is 21.1 Å². The Morgan fingerprint density at radius 3 is 2.84 bits per heavy atom. The molecule has 0 unspecified atom stereocenters. The number of thiazole rings is 1. The molecule has 0 fully saturated rings. The maximum atomic E-state index is 11.8. The third-order valence-electron chi connectivity index (χ3n) is 2.55. The maximum Gasteiger partial charge on any atom is 0.270 e. The number of hydrogen-bond acceptors (Lipinski definition) is 3. The lowest BCUT2D eigenvalue weighted by Crippen LogP contribution is -2.26. The number of hydrogen-bond donors (Lipinski definition) is 1. The van der Waals surface area contributed by atoms with Gasteiger partial charge >= 0.3 is 0 Å². The van der Waals surface area contributed by atoms with Gasteiger partial charge in [-0.05, 0) is 31.0 Å². The van der Waals surface area contributed by atoms with Crippen molar-refractivity contribution in [1.29, 1.82) is 0 Å². The fourth-order valence-corrected chi connectivity index (χ4v) is 2.69. The number of nitrogens with one attached hydrogen (secondary N) is 1. The fraction of sp³-hybridized carbons (Fsp3) is 0.231. The highest BCUT2D eigenvalue weighted by molar-refractivity contribution is 7.09. The van der Waals surface area contributed by atoms with Gasteiger partial charge in [-0.1, -0.05) is 29.3 Å². The standard InChI is InChI=1S/C13H12Cl2N2OS/c1-8-17-12(7-19-8)13(18)16-5-4-9-2-3-10(14)6-11(9)15/h2-3,6-7H,4-5H2,1H3,(H,16,18). The second-order valence-electron chi connectivity index (χ2n) is 3.99. The molecule has 0 aliphatic carbocycles. The summed E-state index contributed by atoms with van der Waals surface area (Å²) in [4.78, 5) is 15.9. The topological polar surface area (TPSA) is 42.0 Å². The lowest BCUT2D eigenvalue weighted by atomic mass is 10.1. The highest BCUT2D eigenvalue weighted by Gasteiger charge is 2.09. The van der Waals surface area contributed by atoms with Gasteiger partial charge in [0.05, 0.1) is 5.01 Å². The number of aryl methyl sites for hydroxylation is 1. The average Bonchev–Trinajstić information content (AvgIpc) is 2.78. The van der Waals surface area contributed by atoms with Crippen LogP contribution < -0.4 is 5.32 Å². The molecule has 100 valence electrons. The Morgan fingerprint density at radius 2 is 2.21 bits per heavy atom. The first-order chi connectivity index (χ1) is 9.06. The van der Waals surface area contributed by atoms with Crippen LogP contribution in [0.15, 0.2) is 23.6 Å². The summed E-state index contributed by atoms with van der Waals surface area (Å²) in [6.45, 7) is 2.38. The van der Waals surface area contributed by atoms with E-state index in [1.165, 1.54) is 11.3 Å². The van der Waals surface area contributed by atoms with Crippen molar-refractivity contribution in [3.8, 4) is 0 Å². The van der Waals surface area contributed by atoms with Gasteiger partial charge in [-0.25, -0.2) is 4.98 Å². The van der Waals surface area contributed by atoms with Gasteiger partial charge in [0.15, 0.2) is 0 Å². The van der Waals surface area contributed by atoms with Crippen molar-refractivity contribution in [2.24, 2.45) is 0 Å². The molecule has 0 radical (unpaired) electrons. The van der Waals surface area contributed by atoms with E-state index in [0.717, 1.165) is 10.6 Å². The van der Waals surface area contributed by atoms with E-state index in [1.54, 1.807) is 17.5 Å². The van der Waals surface area contributed by atoms with Crippen LogP contribution in [0, 0.1) is 6.92 Å². The SMILES string of the molecule is Cc1nc(C(=O)NCCc2ccc(Cl)cc2Cl)cs1. The van der Waals surface area contributed by atoms with Gasteiger partial charge in [0.2, 0.25) is 0 Å². The number of amides is 1. The number of carbonyl (C=O) groups excluding carboxylic acids is 1. The van der Waals surface area contributed by atoms with Crippen molar-refractivity contribution in [2.45, 2.75) is 13.3 Å². The van der Waals surface area contributed by atoms with Gasteiger partial charge in [-0.15, -0.1) is 11.3 Å². The smallest absolute Gasteiger partial charge is 0.270 e. The molecule has 0 atom stereocenters. The van der Waals surface area contributed by atoms with Crippen molar-refractivity contribution in [3.05, 3.63) is 49.9 Å². The van der Waals surface area contributed by atoms with E-state index in [0.29, 0.717) is 28.7 Å². The third kappa shape index (κ3) is 3.93. The molecule has 19 heavy (non-hydrogen) atoms. The van der Waals surface area contributed by atoms with Gasteiger partial charge in [-0.3, -0.25) is 4.79 Å². The van der Waals surface area contributed by atoms with Crippen molar-refractivity contribution in [3.63, 3.8) is 0 Å². The molecule has 0 bridgehead atoms. The predicted molar refractivity (Wildman–Crippen MR) is 79.4 cm³/mol. The second-order valence-corrected chi connectivity index (χ2v) is 5.90. The van der Waals surface area contributed by atoms with E-state index in [9.17, 15) is 4.79 Å². The van der Waals surface area contributed by atoms with Gasteiger partial charge in [-0.2, -0.15) is 0 Å². The summed E-state index contributed by atoms with van der Waals surface area (Å²) < 4.78 is 0. The molecule has 0 saturated carbocycles. The number of carbonyl (C=O) groups is 1. The average molecular weight is 315 g/mol. The summed E-state index contributed by atoms with van der Waals surface area (Å²) in [6.07, 6.45) is 0.658. The Bertz CT molecular complexity index is 598. The molecule has 1 amide bonds. The number of benzene rings is 1. The number of halogens is 2. The molecule has 1 heterocycles. The maximum absolute atomic E-state index is 11.8. The summed E-state index contributed by atoms with van der Waals surface area (Å²) in [5.74, 6) is -0.158. The van der Waals surface area contributed by atoms with Crippen LogP contribution in [0.4, 0.5) is 0 Å². The van der Waals surface area contributed by atoms with Crippen LogP contribution in [-0.2, 0) is 6.42 Å². The zero-order chi connectivity index (χ0) is 13.8. The molecular weight excluding hydrogens is 303 g/mol. The Hall–Kier alpha value is -1.10. The molecule has 0 aliphatic heterocycles. The molecule has 2 aromatic rings. The molecule has 3 nitrogen and oxygen atoms in total. The van der Waals surface area contributed by atoms with E-state index in [4.69, 9.17) is 23.2 Å². The first kappa shape index (κ1) is 14.3. The predicted octanol–water partition coefficient (Wildman–Crippen LogP) is 3.73. The third-order valence-corrected chi connectivity index (χ3v) is 3.91. The first-order valence-electron chi connectivity index (χ1n) is 5.70. The van der Waals surface area contributed by atoms with Crippen LogP contribution in [0.2, 0.25) is 10.0 Å². The van der Waals surface area contributed by atoms with Gasteiger partial charge in [0.1, 0.15) is 5.69 Å². The highest BCUT2D eigenvalue weighted by atomic mass is 35.5. The van der Waals surface area contributed by atoms with Crippen LogP contribution >= 0.6 is 34.5 Å². The van der Waals surface area contributed by atoms with E-state index in [2.05, 4.69) is 10.3 Å². The molecule has 2 rings (SSSR count). The molecule has 0 spiro atoms. The largest absolute Gasteiger partial charge is 0.350 e. The second kappa shape index (κ2) is 6.37. The lowest BCUT2D eigenvalue weighted by molar-refractivity contribution is 0.0949. The summed E-state index contributed by atoms with van der Waals surface area (Å²) in [6, 6.07) is 5.35. The Labute approximate surface area is 125 Å². The Kier molecular flexibility index (Phi) is 4.80.